The Morgan fingerprint density at radius 2 is 2.29 bits per heavy atom. The zero-order chi connectivity index (χ0) is 10.8. The molecule has 78 valence electrons. The zero-order valence-corrected chi connectivity index (χ0v) is 8.83. The van der Waals surface area contributed by atoms with E-state index >= 15 is 0 Å². The van der Waals surface area contributed by atoms with Crippen molar-refractivity contribution in [3.8, 4) is 0 Å². The quantitative estimate of drug-likeness (QED) is 0.538. The topological polar surface area (TPSA) is 62.5 Å². The molecule has 0 fully saturated rings. The summed E-state index contributed by atoms with van der Waals surface area (Å²) in [6.07, 6.45) is 2.57. The fraction of sp³-hybridized carbons (Fsp3) is 0.700. The number of nitrogens with one attached hydrogen (secondary N) is 1. The van der Waals surface area contributed by atoms with Gasteiger partial charge < -0.3 is 10.1 Å². The van der Waals surface area contributed by atoms with Crippen LogP contribution in [-0.4, -0.2) is 29.5 Å². The number of rotatable bonds is 2. The predicted octanol–water partition coefficient (Wildman–Crippen LogP) is 1.58. The van der Waals surface area contributed by atoms with Crippen LogP contribution < -0.4 is 0 Å². The molecule has 0 unspecified atom stereocenters. The van der Waals surface area contributed by atoms with Gasteiger partial charge >= 0.3 is 5.97 Å². The molecule has 0 aromatic heterocycles. The van der Waals surface area contributed by atoms with E-state index in [1.165, 1.54) is 6.21 Å². The molecule has 4 nitrogen and oxygen atoms in total. The third-order valence-corrected chi connectivity index (χ3v) is 1.84. The minimum absolute atomic E-state index is 0.283. The van der Waals surface area contributed by atoms with Crippen molar-refractivity contribution in [2.45, 2.75) is 45.3 Å². The summed E-state index contributed by atoms with van der Waals surface area (Å²) in [6.45, 7) is 5.50. The minimum Gasteiger partial charge on any atom is -0.458 e. The van der Waals surface area contributed by atoms with Gasteiger partial charge in [-0.25, -0.2) is 4.79 Å². The Morgan fingerprint density at radius 1 is 1.64 bits per heavy atom. The summed E-state index contributed by atoms with van der Waals surface area (Å²) in [4.78, 5) is 15.6. The standard InChI is InChI=1S/C10H16N2O2/c1-10(2,3)14-9(13)8-5-4-7(6-11)12-8/h6,8,11H,4-5H2,1-3H3/t8-/m0/s1. The summed E-state index contributed by atoms with van der Waals surface area (Å²) in [7, 11) is 0. The van der Waals surface area contributed by atoms with E-state index < -0.39 is 11.6 Å². The summed E-state index contributed by atoms with van der Waals surface area (Å²) in [6, 6.07) is -0.397. The first-order valence-electron chi connectivity index (χ1n) is 4.72. The van der Waals surface area contributed by atoms with Crippen LogP contribution >= 0.6 is 0 Å². The Labute approximate surface area is 83.9 Å². The molecule has 0 saturated carbocycles. The highest BCUT2D eigenvalue weighted by atomic mass is 16.6. The number of carbonyl (C=O) groups excluding carboxylic acids is 1. The van der Waals surface area contributed by atoms with E-state index in [1.54, 1.807) is 0 Å². The van der Waals surface area contributed by atoms with Crippen molar-refractivity contribution in [1.82, 2.24) is 0 Å². The normalized spacial score (nSPS) is 21.6. The van der Waals surface area contributed by atoms with Crippen LogP contribution in [0.3, 0.4) is 0 Å². The van der Waals surface area contributed by atoms with Crippen LogP contribution in [0.2, 0.25) is 0 Å². The Kier molecular flexibility index (Phi) is 3.03. The largest absolute Gasteiger partial charge is 0.458 e. The summed E-state index contributed by atoms with van der Waals surface area (Å²) in [5, 5.41) is 7.00. The Balaban J connectivity index is 2.56. The first-order valence-corrected chi connectivity index (χ1v) is 4.72. The van der Waals surface area contributed by atoms with Crippen molar-refractivity contribution in [3.05, 3.63) is 0 Å². The number of carbonyl (C=O) groups is 1. The molecule has 14 heavy (non-hydrogen) atoms. The van der Waals surface area contributed by atoms with Crippen molar-refractivity contribution in [1.29, 1.82) is 5.41 Å². The molecular formula is C10H16N2O2. The number of esters is 1. The van der Waals surface area contributed by atoms with Gasteiger partial charge in [0.15, 0.2) is 0 Å². The fourth-order valence-electron chi connectivity index (χ4n) is 1.26. The highest BCUT2D eigenvalue weighted by Crippen LogP contribution is 2.17. The number of aliphatic imine (C=N–C) groups is 1. The van der Waals surface area contributed by atoms with Gasteiger partial charge in [0.1, 0.15) is 11.6 Å². The number of hydrogen-bond donors (Lipinski definition) is 1. The molecule has 1 rings (SSSR count). The van der Waals surface area contributed by atoms with E-state index in [4.69, 9.17) is 10.1 Å². The average molecular weight is 196 g/mol. The smallest absolute Gasteiger partial charge is 0.331 e. The van der Waals surface area contributed by atoms with Crippen LogP contribution in [0.15, 0.2) is 4.99 Å². The Bertz CT molecular complexity index is 276. The third-order valence-electron chi connectivity index (χ3n) is 1.84. The predicted molar refractivity (Wildman–Crippen MR) is 55.1 cm³/mol. The second-order valence-electron chi connectivity index (χ2n) is 4.35. The molecule has 0 aromatic rings. The van der Waals surface area contributed by atoms with E-state index in [1.807, 2.05) is 20.8 Å². The molecule has 0 radical (unpaired) electrons. The van der Waals surface area contributed by atoms with E-state index in [0.717, 1.165) is 0 Å². The molecule has 4 heteroatoms. The lowest BCUT2D eigenvalue weighted by atomic mass is 10.1. The van der Waals surface area contributed by atoms with Crippen LogP contribution in [0.1, 0.15) is 33.6 Å². The van der Waals surface area contributed by atoms with Crippen LogP contribution in [0.5, 0.6) is 0 Å². The maximum Gasteiger partial charge on any atom is 0.331 e. The van der Waals surface area contributed by atoms with Gasteiger partial charge in [-0.15, -0.1) is 0 Å². The van der Waals surface area contributed by atoms with Crippen molar-refractivity contribution in [2.75, 3.05) is 0 Å². The Morgan fingerprint density at radius 3 is 2.71 bits per heavy atom. The van der Waals surface area contributed by atoms with Crippen molar-refractivity contribution in [2.24, 2.45) is 4.99 Å². The monoisotopic (exact) mass is 196 g/mol. The molecule has 0 saturated heterocycles. The van der Waals surface area contributed by atoms with Crippen LogP contribution in [0, 0.1) is 5.41 Å². The number of nitrogens with zero attached hydrogens (tertiary/aromatic N) is 1. The molecule has 0 amide bonds. The summed E-state index contributed by atoms with van der Waals surface area (Å²) < 4.78 is 5.19. The molecule has 0 aromatic carbocycles. The molecule has 1 aliphatic heterocycles. The van der Waals surface area contributed by atoms with Gasteiger partial charge in [0.05, 0.1) is 5.71 Å². The van der Waals surface area contributed by atoms with E-state index in [9.17, 15) is 4.79 Å². The van der Waals surface area contributed by atoms with Crippen molar-refractivity contribution in [3.63, 3.8) is 0 Å². The number of ether oxygens (including phenoxy) is 1. The van der Waals surface area contributed by atoms with E-state index in [2.05, 4.69) is 4.99 Å². The van der Waals surface area contributed by atoms with Gasteiger partial charge in [-0.3, -0.25) is 4.99 Å². The fourth-order valence-corrected chi connectivity index (χ4v) is 1.26. The summed E-state index contributed by atoms with van der Waals surface area (Å²) >= 11 is 0. The number of hydrogen-bond acceptors (Lipinski definition) is 4. The van der Waals surface area contributed by atoms with Crippen molar-refractivity contribution < 1.29 is 9.53 Å². The summed E-state index contributed by atoms with van der Waals surface area (Å²) in [5.41, 5.74) is 0.223. The van der Waals surface area contributed by atoms with Gasteiger partial charge in [-0.05, 0) is 33.6 Å². The summed E-state index contributed by atoms with van der Waals surface area (Å²) in [5.74, 6) is -0.283. The van der Waals surface area contributed by atoms with Crippen LogP contribution in [0.25, 0.3) is 0 Å². The van der Waals surface area contributed by atoms with Gasteiger partial charge in [0, 0.05) is 6.21 Å². The average Bonchev–Trinajstić information content (AvgIpc) is 2.48. The maximum absolute atomic E-state index is 11.5. The lowest BCUT2D eigenvalue weighted by Gasteiger charge is -2.20. The SMILES string of the molecule is CC(C)(C)OC(=O)[C@@H]1CCC(C=N)=N1. The second-order valence-corrected chi connectivity index (χ2v) is 4.35. The second kappa shape index (κ2) is 3.90. The van der Waals surface area contributed by atoms with Gasteiger partial charge in [-0.2, -0.15) is 0 Å². The van der Waals surface area contributed by atoms with Crippen LogP contribution in [0.4, 0.5) is 0 Å². The zero-order valence-electron chi connectivity index (χ0n) is 8.83. The first-order chi connectivity index (χ1) is 6.42. The van der Waals surface area contributed by atoms with Gasteiger partial charge in [0.25, 0.3) is 0 Å². The minimum atomic E-state index is -0.458. The van der Waals surface area contributed by atoms with E-state index in [0.29, 0.717) is 18.6 Å². The molecule has 1 atom stereocenters. The lowest BCUT2D eigenvalue weighted by molar-refractivity contribution is -0.156. The highest BCUT2D eigenvalue weighted by Gasteiger charge is 2.28. The third kappa shape index (κ3) is 2.94. The maximum atomic E-state index is 11.5. The molecule has 0 spiro atoms. The molecule has 1 aliphatic rings. The molecule has 1 N–H and O–H groups in total. The lowest BCUT2D eigenvalue weighted by Crippen LogP contribution is -2.29. The van der Waals surface area contributed by atoms with Crippen LogP contribution in [-0.2, 0) is 9.53 Å². The Hall–Kier alpha value is -1.19. The highest BCUT2D eigenvalue weighted by molar-refractivity contribution is 6.30. The molecule has 1 heterocycles. The first kappa shape index (κ1) is 10.9. The van der Waals surface area contributed by atoms with Crippen molar-refractivity contribution >= 4 is 17.9 Å². The van der Waals surface area contributed by atoms with E-state index in [-0.39, 0.29) is 5.97 Å². The molecule has 0 aliphatic carbocycles. The molecular weight excluding hydrogens is 180 g/mol. The molecule has 0 bridgehead atoms. The van der Waals surface area contributed by atoms with Gasteiger partial charge in [-0.1, -0.05) is 0 Å². The van der Waals surface area contributed by atoms with Gasteiger partial charge in [0.2, 0.25) is 0 Å².